The van der Waals surface area contributed by atoms with Gasteiger partial charge in [-0.1, -0.05) is 36.4 Å². The predicted octanol–water partition coefficient (Wildman–Crippen LogP) is 3.39. The molecule has 1 fully saturated rings. The molecule has 0 aliphatic heterocycles. The van der Waals surface area contributed by atoms with Crippen LogP contribution < -0.4 is 5.32 Å². The Morgan fingerprint density at radius 2 is 2.00 bits per heavy atom. The van der Waals surface area contributed by atoms with Crippen molar-refractivity contribution in [3.63, 3.8) is 0 Å². The van der Waals surface area contributed by atoms with Crippen molar-refractivity contribution in [3.8, 4) is 0 Å². The summed E-state index contributed by atoms with van der Waals surface area (Å²) in [5, 5.41) is 2.92. The highest BCUT2D eigenvalue weighted by Gasteiger charge is 2.31. The van der Waals surface area contributed by atoms with E-state index in [-0.39, 0.29) is 11.8 Å². The lowest BCUT2D eigenvalue weighted by molar-refractivity contribution is -0.118. The van der Waals surface area contributed by atoms with E-state index in [4.69, 9.17) is 0 Å². The number of rotatable bonds is 3. The monoisotopic (exact) mass is 227 g/mol. The Bertz CT molecular complexity index is 435. The van der Waals surface area contributed by atoms with Crippen LogP contribution in [-0.4, -0.2) is 5.91 Å². The maximum absolute atomic E-state index is 12.1. The number of benzene rings is 1. The molecule has 88 valence electrons. The van der Waals surface area contributed by atoms with Gasteiger partial charge in [0.15, 0.2) is 0 Å². The molecular weight excluding hydrogens is 210 g/mol. The predicted molar refractivity (Wildman–Crippen MR) is 70.6 cm³/mol. The number of nitrogens with one attached hydrogen (secondary N) is 1. The smallest absolute Gasteiger partial charge is 0.231 e. The Kier molecular flexibility index (Phi) is 3.43. The number of carbonyl (C=O) groups is 1. The molecule has 2 heteroatoms. The van der Waals surface area contributed by atoms with Crippen LogP contribution in [0.25, 0.3) is 0 Å². The number of allylic oxidation sites excluding steroid dienone is 1. The highest BCUT2D eigenvalue weighted by atomic mass is 16.1. The topological polar surface area (TPSA) is 29.1 Å². The zero-order valence-electron chi connectivity index (χ0n) is 9.86. The summed E-state index contributed by atoms with van der Waals surface area (Å²) in [5.41, 5.74) is 1.83. The minimum Gasteiger partial charge on any atom is -0.326 e. The van der Waals surface area contributed by atoms with Crippen molar-refractivity contribution in [3.05, 3.63) is 55.1 Å². The number of amides is 1. The molecule has 0 spiro atoms. The number of anilines is 1. The first kappa shape index (κ1) is 11.6. The van der Waals surface area contributed by atoms with Crippen molar-refractivity contribution in [2.75, 3.05) is 5.32 Å². The molecule has 0 saturated heterocycles. The summed E-state index contributed by atoms with van der Waals surface area (Å²) in [6.45, 7) is 7.80. The van der Waals surface area contributed by atoms with Gasteiger partial charge in [-0.15, -0.1) is 6.58 Å². The summed E-state index contributed by atoms with van der Waals surface area (Å²) >= 11 is 0. The zero-order valence-corrected chi connectivity index (χ0v) is 9.86. The van der Waals surface area contributed by atoms with E-state index in [1.54, 1.807) is 0 Å². The lowest BCUT2D eigenvalue weighted by atomic mass is 9.98. The quantitative estimate of drug-likeness (QED) is 0.788. The van der Waals surface area contributed by atoms with E-state index in [0.29, 0.717) is 5.92 Å². The molecule has 0 aromatic heterocycles. The second-order valence-corrected chi connectivity index (χ2v) is 4.40. The Labute approximate surface area is 102 Å². The minimum absolute atomic E-state index is 0.0468. The van der Waals surface area contributed by atoms with Gasteiger partial charge in [0.2, 0.25) is 5.91 Å². The van der Waals surface area contributed by atoms with Gasteiger partial charge in [0, 0.05) is 5.69 Å². The van der Waals surface area contributed by atoms with Gasteiger partial charge in [0.25, 0.3) is 0 Å². The molecule has 1 saturated carbocycles. The highest BCUT2D eigenvalue weighted by molar-refractivity contribution is 5.94. The first-order valence-electron chi connectivity index (χ1n) is 5.89. The Hall–Kier alpha value is -1.83. The van der Waals surface area contributed by atoms with E-state index < -0.39 is 0 Å². The van der Waals surface area contributed by atoms with E-state index in [9.17, 15) is 4.79 Å². The van der Waals surface area contributed by atoms with Gasteiger partial charge in [0.1, 0.15) is 0 Å². The molecule has 1 aromatic carbocycles. The van der Waals surface area contributed by atoms with Crippen LogP contribution in [0.2, 0.25) is 0 Å². The first-order chi connectivity index (χ1) is 8.22. The van der Waals surface area contributed by atoms with Crippen LogP contribution in [0.1, 0.15) is 12.8 Å². The van der Waals surface area contributed by atoms with Gasteiger partial charge < -0.3 is 5.32 Å². The van der Waals surface area contributed by atoms with Crippen LogP contribution in [0.3, 0.4) is 0 Å². The van der Waals surface area contributed by atoms with Crippen molar-refractivity contribution in [2.24, 2.45) is 11.8 Å². The molecule has 2 nitrogen and oxygen atoms in total. The highest BCUT2D eigenvalue weighted by Crippen LogP contribution is 2.36. The molecule has 2 atom stereocenters. The van der Waals surface area contributed by atoms with Crippen LogP contribution >= 0.6 is 0 Å². The van der Waals surface area contributed by atoms with Crippen molar-refractivity contribution in [1.82, 2.24) is 0 Å². The second-order valence-electron chi connectivity index (χ2n) is 4.40. The van der Waals surface area contributed by atoms with Gasteiger partial charge >= 0.3 is 0 Å². The van der Waals surface area contributed by atoms with Gasteiger partial charge in [-0.2, -0.15) is 0 Å². The molecule has 0 heterocycles. The van der Waals surface area contributed by atoms with Gasteiger partial charge in [0.05, 0.1) is 5.92 Å². The van der Waals surface area contributed by atoms with Crippen molar-refractivity contribution in [1.29, 1.82) is 0 Å². The third kappa shape index (κ3) is 2.47. The van der Waals surface area contributed by atoms with E-state index >= 15 is 0 Å². The van der Waals surface area contributed by atoms with Crippen molar-refractivity contribution in [2.45, 2.75) is 12.8 Å². The number of para-hydroxylation sites is 1. The molecule has 1 amide bonds. The average molecular weight is 227 g/mol. The Morgan fingerprint density at radius 1 is 1.29 bits per heavy atom. The summed E-state index contributed by atoms with van der Waals surface area (Å²) in [6, 6.07) is 9.52. The molecule has 2 rings (SSSR count). The summed E-state index contributed by atoms with van der Waals surface area (Å²) in [7, 11) is 0. The summed E-state index contributed by atoms with van der Waals surface area (Å²) < 4.78 is 0. The molecule has 1 aliphatic carbocycles. The lowest BCUT2D eigenvalue weighted by Gasteiger charge is -2.13. The largest absolute Gasteiger partial charge is 0.326 e. The minimum atomic E-state index is -0.0711. The van der Waals surface area contributed by atoms with Crippen LogP contribution in [0.15, 0.2) is 55.1 Å². The Balaban J connectivity index is 2.02. The lowest BCUT2D eigenvalue weighted by Crippen LogP contribution is -2.21. The standard InChI is InChI=1S/C15H17NO/c1-3-12-9-10-14(11(12)2)15(17)16-13-7-5-4-6-8-13/h3-8,12,14H,1-2,9-10H2,(H,16,17). The molecular formula is C15H17NO. The number of hydrogen-bond acceptors (Lipinski definition) is 1. The first-order valence-corrected chi connectivity index (χ1v) is 5.89. The number of carbonyl (C=O) groups excluding carboxylic acids is 1. The van der Waals surface area contributed by atoms with Gasteiger partial charge in [-0.05, 0) is 30.9 Å². The maximum atomic E-state index is 12.1. The third-order valence-corrected chi connectivity index (χ3v) is 3.33. The van der Waals surface area contributed by atoms with Crippen LogP contribution in [0.5, 0.6) is 0 Å². The molecule has 1 aliphatic rings. The van der Waals surface area contributed by atoms with E-state index in [2.05, 4.69) is 18.5 Å². The molecule has 17 heavy (non-hydrogen) atoms. The molecule has 0 bridgehead atoms. The van der Waals surface area contributed by atoms with Crippen LogP contribution in [0.4, 0.5) is 5.69 Å². The zero-order chi connectivity index (χ0) is 12.3. The van der Waals surface area contributed by atoms with E-state index in [1.165, 1.54) is 0 Å². The Morgan fingerprint density at radius 3 is 2.59 bits per heavy atom. The van der Waals surface area contributed by atoms with Gasteiger partial charge in [-0.3, -0.25) is 4.79 Å². The molecule has 0 radical (unpaired) electrons. The summed E-state index contributed by atoms with van der Waals surface area (Å²) in [6.07, 6.45) is 3.74. The average Bonchev–Trinajstić information content (AvgIpc) is 2.71. The normalized spacial score (nSPS) is 23.4. The molecule has 1 N–H and O–H groups in total. The fraction of sp³-hybridized carbons (Fsp3) is 0.267. The van der Waals surface area contributed by atoms with E-state index in [1.807, 2.05) is 36.4 Å². The maximum Gasteiger partial charge on any atom is 0.231 e. The fourth-order valence-corrected chi connectivity index (χ4v) is 2.29. The molecule has 1 aromatic rings. The van der Waals surface area contributed by atoms with Crippen molar-refractivity contribution < 1.29 is 4.79 Å². The summed E-state index contributed by atoms with van der Waals surface area (Å²) in [5.74, 6) is 0.269. The summed E-state index contributed by atoms with van der Waals surface area (Å²) in [4.78, 5) is 12.1. The van der Waals surface area contributed by atoms with Crippen LogP contribution in [0, 0.1) is 11.8 Å². The van der Waals surface area contributed by atoms with Gasteiger partial charge in [-0.25, -0.2) is 0 Å². The third-order valence-electron chi connectivity index (χ3n) is 3.33. The molecule has 2 unspecified atom stereocenters. The van der Waals surface area contributed by atoms with Crippen molar-refractivity contribution >= 4 is 11.6 Å². The second kappa shape index (κ2) is 5.00. The number of hydrogen-bond donors (Lipinski definition) is 1. The SMILES string of the molecule is C=CC1CCC(C(=O)Nc2ccccc2)C1=C. The van der Waals surface area contributed by atoms with E-state index in [0.717, 1.165) is 24.1 Å². The van der Waals surface area contributed by atoms with Crippen LogP contribution in [-0.2, 0) is 4.79 Å². The fourth-order valence-electron chi connectivity index (χ4n) is 2.29.